The molecule has 1 heterocycles. The number of carbonyl (C=O) groups is 1. The Morgan fingerprint density at radius 2 is 1.85 bits per heavy atom. The largest absolute Gasteiger partial charge is 0.416 e. The molecule has 0 saturated carbocycles. The van der Waals surface area contributed by atoms with Gasteiger partial charge >= 0.3 is 12.2 Å². The van der Waals surface area contributed by atoms with E-state index in [4.69, 9.17) is 0 Å². The molecule has 0 saturated heterocycles. The van der Waals surface area contributed by atoms with Crippen molar-refractivity contribution in [2.75, 3.05) is 11.1 Å². The second-order valence-electron chi connectivity index (χ2n) is 5.44. The fourth-order valence-electron chi connectivity index (χ4n) is 2.38. The SMILES string of the molecule is O=C(N/N=C1\CCSc2ccc(F)cc21)Nc1ccc(C(F)(F)F)cc1. The number of carbonyl (C=O) groups excluding carboxylic acids is 1. The summed E-state index contributed by atoms with van der Waals surface area (Å²) in [5, 5.41) is 6.40. The molecule has 2 amide bonds. The van der Waals surface area contributed by atoms with Gasteiger partial charge in [0.2, 0.25) is 0 Å². The van der Waals surface area contributed by atoms with E-state index in [1.807, 2.05) is 0 Å². The van der Waals surface area contributed by atoms with E-state index >= 15 is 0 Å². The van der Waals surface area contributed by atoms with Crippen LogP contribution in [0.3, 0.4) is 0 Å². The molecule has 26 heavy (non-hydrogen) atoms. The molecule has 0 aliphatic carbocycles. The first-order chi connectivity index (χ1) is 12.3. The maximum absolute atomic E-state index is 13.4. The predicted molar refractivity (Wildman–Crippen MR) is 91.9 cm³/mol. The Bertz CT molecular complexity index is 850. The highest BCUT2D eigenvalue weighted by Crippen LogP contribution is 2.31. The number of rotatable bonds is 2. The predicted octanol–water partition coefficient (Wildman–Crippen LogP) is 4.87. The molecule has 2 aromatic carbocycles. The number of hydrogen-bond donors (Lipinski definition) is 2. The van der Waals surface area contributed by atoms with Crippen molar-refractivity contribution in [3.05, 3.63) is 59.4 Å². The van der Waals surface area contributed by atoms with Gasteiger partial charge in [-0.15, -0.1) is 11.8 Å². The van der Waals surface area contributed by atoms with Crippen LogP contribution in [0, 0.1) is 5.82 Å². The summed E-state index contributed by atoms with van der Waals surface area (Å²) in [5.74, 6) is 0.354. The van der Waals surface area contributed by atoms with Crippen molar-refractivity contribution in [2.24, 2.45) is 5.10 Å². The van der Waals surface area contributed by atoms with Gasteiger partial charge in [0.1, 0.15) is 5.82 Å². The van der Waals surface area contributed by atoms with Gasteiger partial charge in [0, 0.05) is 28.3 Å². The number of fused-ring (bicyclic) bond motifs is 1. The first-order valence-electron chi connectivity index (χ1n) is 7.56. The van der Waals surface area contributed by atoms with Crippen molar-refractivity contribution in [3.63, 3.8) is 0 Å². The van der Waals surface area contributed by atoms with Crippen molar-refractivity contribution >= 4 is 29.2 Å². The molecular formula is C17H13F4N3OS. The van der Waals surface area contributed by atoms with E-state index in [0.717, 1.165) is 34.9 Å². The first kappa shape index (κ1) is 18.2. The van der Waals surface area contributed by atoms with Crippen LogP contribution in [0.2, 0.25) is 0 Å². The number of thioether (sulfide) groups is 1. The summed E-state index contributed by atoms with van der Waals surface area (Å²) in [6.07, 6.45) is -3.88. The monoisotopic (exact) mass is 383 g/mol. The van der Waals surface area contributed by atoms with Crippen LogP contribution in [0.25, 0.3) is 0 Å². The van der Waals surface area contributed by atoms with Crippen LogP contribution in [-0.4, -0.2) is 17.5 Å². The van der Waals surface area contributed by atoms with Crippen LogP contribution < -0.4 is 10.7 Å². The maximum atomic E-state index is 13.4. The lowest BCUT2D eigenvalue weighted by Gasteiger charge is -2.17. The van der Waals surface area contributed by atoms with Crippen LogP contribution in [0.4, 0.5) is 28.0 Å². The number of nitrogens with one attached hydrogen (secondary N) is 2. The zero-order chi connectivity index (χ0) is 18.7. The average molecular weight is 383 g/mol. The number of hydrogen-bond acceptors (Lipinski definition) is 3. The molecule has 9 heteroatoms. The van der Waals surface area contributed by atoms with Crippen LogP contribution >= 0.6 is 11.8 Å². The third-order valence-corrected chi connectivity index (χ3v) is 4.69. The summed E-state index contributed by atoms with van der Waals surface area (Å²) in [5.41, 5.74) is 2.85. The first-order valence-corrected chi connectivity index (χ1v) is 8.55. The van der Waals surface area contributed by atoms with Gasteiger partial charge in [0.25, 0.3) is 0 Å². The third-order valence-electron chi connectivity index (χ3n) is 3.61. The second kappa shape index (κ2) is 7.36. The van der Waals surface area contributed by atoms with Gasteiger partial charge in [0.05, 0.1) is 11.3 Å². The average Bonchev–Trinajstić information content (AvgIpc) is 2.59. The maximum Gasteiger partial charge on any atom is 0.416 e. The molecule has 4 nitrogen and oxygen atoms in total. The fraction of sp³-hybridized carbons (Fsp3) is 0.176. The summed E-state index contributed by atoms with van der Waals surface area (Å²) in [6, 6.07) is 7.72. The topological polar surface area (TPSA) is 53.5 Å². The number of alkyl halides is 3. The number of halogens is 4. The number of anilines is 1. The van der Waals surface area contributed by atoms with E-state index in [0.29, 0.717) is 17.7 Å². The van der Waals surface area contributed by atoms with E-state index in [9.17, 15) is 22.4 Å². The van der Waals surface area contributed by atoms with Crippen molar-refractivity contribution in [3.8, 4) is 0 Å². The van der Waals surface area contributed by atoms with Crippen molar-refractivity contribution in [2.45, 2.75) is 17.5 Å². The quantitative estimate of drug-likeness (QED) is 0.574. The highest BCUT2D eigenvalue weighted by Gasteiger charge is 2.30. The molecule has 0 unspecified atom stereocenters. The van der Waals surface area contributed by atoms with Gasteiger partial charge in [-0.25, -0.2) is 14.6 Å². The number of urea groups is 1. The molecule has 2 N–H and O–H groups in total. The van der Waals surface area contributed by atoms with Crippen molar-refractivity contribution < 1.29 is 22.4 Å². The Balaban J connectivity index is 1.66. The smallest absolute Gasteiger partial charge is 0.307 e. The molecule has 3 rings (SSSR count). The van der Waals surface area contributed by atoms with E-state index in [1.165, 1.54) is 12.1 Å². The highest BCUT2D eigenvalue weighted by molar-refractivity contribution is 7.99. The lowest BCUT2D eigenvalue weighted by atomic mass is 10.1. The summed E-state index contributed by atoms with van der Waals surface area (Å²) >= 11 is 1.57. The number of amides is 2. The molecule has 0 fully saturated rings. The highest BCUT2D eigenvalue weighted by atomic mass is 32.2. The van der Waals surface area contributed by atoms with Gasteiger partial charge in [-0.2, -0.15) is 18.3 Å². The lowest BCUT2D eigenvalue weighted by molar-refractivity contribution is -0.137. The van der Waals surface area contributed by atoms with Gasteiger partial charge in [-0.05, 0) is 42.5 Å². The molecule has 0 atom stereocenters. The van der Waals surface area contributed by atoms with Gasteiger partial charge in [-0.1, -0.05) is 0 Å². The minimum atomic E-state index is -4.44. The van der Waals surface area contributed by atoms with E-state index < -0.39 is 23.6 Å². The van der Waals surface area contributed by atoms with Gasteiger partial charge in [-0.3, -0.25) is 0 Å². The summed E-state index contributed by atoms with van der Waals surface area (Å²) < 4.78 is 51.0. The molecule has 0 aromatic heterocycles. The molecule has 1 aliphatic rings. The van der Waals surface area contributed by atoms with Crippen LogP contribution in [0.15, 0.2) is 52.5 Å². The Morgan fingerprint density at radius 1 is 1.12 bits per heavy atom. The molecule has 0 bridgehead atoms. The normalized spacial score (nSPS) is 15.5. The van der Waals surface area contributed by atoms with E-state index in [-0.39, 0.29) is 5.69 Å². The number of nitrogens with zero attached hydrogens (tertiary/aromatic N) is 1. The summed E-state index contributed by atoms with van der Waals surface area (Å²) in [4.78, 5) is 12.8. The van der Waals surface area contributed by atoms with Crippen molar-refractivity contribution in [1.29, 1.82) is 0 Å². The van der Waals surface area contributed by atoms with E-state index in [2.05, 4.69) is 15.8 Å². The Labute approximate surface area is 150 Å². The van der Waals surface area contributed by atoms with Gasteiger partial charge < -0.3 is 5.32 Å². The zero-order valence-electron chi connectivity index (χ0n) is 13.2. The number of hydrazone groups is 1. The number of benzene rings is 2. The fourth-order valence-corrected chi connectivity index (χ4v) is 3.39. The zero-order valence-corrected chi connectivity index (χ0v) is 14.0. The molecule has 136 valence electrons. The van der Waals surface area contributed by atoms with Crippen LogP contribution in [0.1, 0.15) is 17.5 Å². The van der Waals surface area contributed by atoms with Gasteiger partial charge in [0.15, 0.2) is 0 Å². The minimum Gasteiger partial charge on any atom is -0.307 e. The Kier molecular flexibility index (Phi) is 5.17. The summed E-state index contributed by atoms with van der Waals surface area (Å²) in [6.45, 7) is 0. The summed E-state index contributed by atoms with van der Waals surface area (Å²) in [7, 11) is 0. The molecule has 0 spiro atoms. The Morgan fingerprint density at radius 3 is 2.54 bits per heavy atom. The Hall–Kier alpha value is -2.55. The van der Waals surface area contributed by atoms with E-state index in [1.54, 1.807) is 17.8 Å². The second-order valence-corrected chi connectivity index (χ2v) is 6.58. The third kappa shape index (κ3) is 4.34. The standard InChI is InChI=1S/C17H13F4N3OS/c18-11-3-6-15-13(9-11)14(7-8-26-15)23-24-16(25)22-12-4-1-10(2-5-12)17(19,20)21/h1-6,9H,7-8H2,(H2,22,24,25)/b23-14+. The van der Waals surface area contributed by atoms with Crippen LogP contribution in [-0.2, 0) is 6.18 Å². The molecule has 1 aliphatic heterocycles. The lowest BCUT2D eigenvalue weighted by Crippen LogP contribution is -2.26. The molecule has 2 aromatic rings. The van der Waals surface area contributed by atoms with Crippen LogP contribution in [0.5, 0.6) is 0 Å². The minimum absolute atomic E-state index is 0.196. The molecule has 0 radical (unpaired) electrons. The van der Waals surface area contributed by atoms with Crippen molar-refractivity contribution in [1.82, 2.24) is 5.43 Å². The molecular weight excluding hydrogens is 370 g/mol.